The number of carboxylic acids is 2. The standard InChI is InChI=1S/C38H44N6O12S2/c1-37(2,3)55-35(53)43(13-11-39-29(47)25-19-57-31(41-25)23-17-21(33(49)50)7-9-27(23)45)15-16-44(36(54)56-38(4,5)6)14-12-40-30(48)26-20-58-32(42-26)24-18-22(34(51)52)8-10-28(24)46/h7-10,17-20,45-46H,11-16H2,1-6H3,(H,39,47)(H,40,48)(H,49,50)(H,51,52). The molecule has 0 saturated heterocycles. The van der Waals surface area contributed by atoms with Gasteiger partial charge in [0.2, 0.25) is 0 Å². The van der Waals surface area contributed by atoms with E-state index < -0.39 is 47.1 Å². The van der Waals surface area contributed by atoms with Crippen LogP contribution in [0.2, 0.25) is 0 Å². The van der Waals surface area contributed by atoms with Gasteiger partial charge in [0.25, 0.3) is 11.8 Å². The first kappa shape index (κ1) is 44.4. The van der Waals surface area contributed by atoms with Crippen LogP contribution in [0.4, 0.5) is 9.59 Å². The van der Waals surface area contributed by atoms with Crippen LogP contribution in [0.5, 0.6) is 11.5 Å². The molecule has 0 saturated carbocycles. The van der Waals surface area contributed by atoms with Crippen LogP contribution in [-0.2, 0) is 9.47 Å². The lowest BCUT2D eigenvalue weighted by Crippen LogP contribution is -2.48. The zero-order valence-electron chi connectivity index (χ0n) is 32.5. The Hall–Kier alpha value is -6.28. The molecule has 2 aromatic heterocycles. The molecule has 0 bridgehead atoms. The Balaban J connectivity index is 1.41. The molecule has 0 aliphatic heterocycles. The normalized spacial score (nSPS) is 11.3. The van der Waals surface area contributed by atoms with Gasteiger partial charge in [0, 0.05) is 50.0 Å². The van der Waals surface area contributed by atoms with E-state index in [4.69, 9.17) is 9.47 Å². The third-order valence-electron chi connectivity index (χ3n) is 7.70. The number of carbonyl (C=O) groups excluding carboxylic acids is 4. The van der Waals surface area contributed by atoms with Gasteiger partial charge in [-0.3, -0.25) is 9.59 Å². The van der Waals surface area contributed by atoms with E-state index in [2.05, 4.69) is 20.6 Å². The van der Waals surface area contributed by atoms with Crippen molar-refractivity contribution in [3.05, 3.63) is 69.7 Å². The third-order valence-corrected chi connectivity index (χ3v) is 9.45. The van der Waals surface area contributed by atoms with Crippen LogP contribution in [0.15, 0.2) is 47.2 Å². The fraction of sp³-hybridized carbons (Fsp3) is 0.368. The van der Waals surface area contributed by atoms with Crippen molar-refractivity contribution >= 4 is 58.6 Å². The van der Waals surface area contributed by atoms with Gasteiger partial charge in [0.15, 0.2) is 0 Å². The van der Waals surface area contributed by atoms with Crippen molar-refractivity contribution in [1.82, 2.24) is 30.4 Å². The van der Waals surface area contributed by atoms with Crippen molar-refractivity contribution in [3.8, 4) is 32.6 Å². The monoisotopic (exact) mass is 840 g/mol. The quantitative estimate of drug-likeness (QED) is 0.0879. The molecule has 4 amide bonds. The average molecular weight is 841 g/mol. The third kappa shape index (κ3) is 12.6. The van der Waals surface area contributed by atoms with Gasteiger partial charge in [0.1, 0.15) is 44.1 Å². The Labute approximate surface area is 341 Å². The molecule has 2 aromatic carbocycles. The topological polar surface area (TPSA) is 258 Å². The molecular weight excluding hydrogens is 797 g/mol. The van der Waals surface area contributed by atoms with Crippen LogP contribution in [0.3, 0.4) is 0 Å². The molecule has 310 valence electrons. The molecule has 4 rings (SSSR count). The second kappa shape index (κ2) is 18.8. The number of nitrogens with one attached hydrogen (secondary N) is 2. The molecule has 0 aliphatic rings. The van der Waals surface area contributed by atoms with Gasteiger partial charge in [-0.15, -0.1) is 22.7 Å². The fourth-order valence-electron chi connectivity index (χ4n) is 4.96. The minimum Gasteiger partial charge on any atom is -0.507 e. The van der Waals surface area contributed by atoms with Crippen LogP contribution in [0.1, 0.15) is 83.2 Å². The average Bonchev–Trinajstić information content (AvgIpc) is 3.82. The summed E-state index contributed by atoms with van der Waals surface area (Å²) in [4.78, 5) is 86.5. The first-order valence-electron chi connectivity index (χ1n) is 17.7. The Bertz CT molecular complexity index is 2020. The maximum absolute atomic E-state index is 13.3. The van der Waals surface area contributed by atoms with Crippen molar-refractivity contribution in [2.24, 2.45) is 0 Å². The number of amides is 4. The number of carboxylic acid groups (broad SMARTS) is 2. The van der Waals surface area contributed by atoms with Crippen LogP contribution in [0, 0.1) is 0 Å². The molecule has 0 fully saturated rings. The smallest absolute Gasteiger partial charge is 0.410 e. The number of phenols is 2. The zero-order valence-corrected chi connectivity index (χ0v) is 34.2. The van der Waals surface area contributed by atoms with Crippen molar-refractivity contribution in [3.63, 3.8) is 0 Å². The van der Waals surface area contributed by atoms with Gasteiger partial charge in [0.05, 0.1) is 22.3 Å². The minimum atomic E-state index is -1.19. The number of ether oxygens (including phenoxy) is 2. The SMILES string of the molecule is CC(C)(C)OC(=O)N(CCNC(=O)c1csc(-c2cc(C(=O)O)ccc2O)n1)CCN(CCNC(=O)c1csc(-c2cc(C(=O)O)ccc2O)n1)C(=O)OC(C)(C)C. The molecule has 0 unspecified atom stereocenters. The van der Waals surface area contributed by atoms with Gasteiger partial charge >= 0.3 is 24.1 Å². The number of benzene rings is 2. The number of aromatic nitrogens is 2. The van der Waals surface area contributed by atoms with Gasteiger partial charge in [-0.2, -0.15) is 0 Å². The van der Waals surface area contributed by atoms with E-state index in [0.717, 1.165) is 22.7 Å². The van der Waals surface area contributed by atoms with Gasteiger partial charge in [-0.05, 0) is 77.9 Å². The lowest BCUT2D eigenvalue weighted by Gasteiger charge is -2.31. The maximum Gasteiger partial charge on any atom is 0.410 e. The van der Waals surface area contributed by atoms with E-state index in [1.165, 1.54) is 57.0 Å². The first-order chi connectivity index (χ1) is 27.1. The summed E-state index contributed by atoms with van der Waals surface area (Å²) in [6, 6.07) is 7.44. The van der Waals surface area contributed by atoms with Crippen LogP contribution in [0.25, 0.3) is 21.1 Å². The number of rotatable bonds is 15. The highest BCUT2D eigenvalue weighted by molar-refractivity contribution is 7.13. The van der Waals surface area contributed by atoms with Crippen LogP contribution >= 0.6 is 22.7 Å². The molecule has 0 atom stereocenters. The highest BCUT2D eigenvalue weighted by Crippen LogP contribution is 2.33. The number of hydrogen-bond acceptors (Lipinski definition) is 14. The van der Waals surface area contributed by atoms with E-state index >= 15 is 0 Å². The largest absolute Gasteiger partial charge is 0.507 e. The lowest BCUT2D eigenvalue weighted by atomic mass is 10.1. The van der Waals surface area contributed by atoms with E-state index in [1.807, 2.05) is 0 Å². The van der Waals surface area contributed by atoms with Gasteiger partial charge in [-0.25, -0.2) is 29.1 Å². The molecule has 18 nitrogen and oxygen atoms in total. The summed E-state index contributed by atoms with van der Waals surface area (Å²) in [5, 5.41) is 47.9. The number of phenolic OH excluding ortho intramolecular Hbond substituents is 2. The fourth-order valence-corrected chi connectivity index (χ4v) is 6.61. The second-order valence-electron chi connectivity index (χ2n) is 14.6. The van der Waals surface area contributed by atoms with Crippen molar-refractivity contribution < 1.29 is 58.7 Å². The van der Waals surface area contributed by atoms with E-state index in [1.54, 1.807) is 41.5 Å². The maximum atomic E-state index is 13.3. The van der Waals surface area contributed by atoms with Crippen LogP contribution in [-0.4, -0.2) is 127 Å². The Morgan fingerprint density at radius 3 is 1.31 bits per heavy atom. The number of nitrogens with zero attached hydrogens (tertiary/aromatic N) is 4. The Morgan fingerprint density at radius 1 is 0.621 bits per heavy atom. The lowest BCUT2D eigenvalue weighted by molar-refractivity contribution is 0.0138. The summed E-state index contributed by atoms with van der Waals surface area (Å²) in [5.41, 5.74) is -1.59. The van der Waals surface area contributed by atoms with E-state index in [9.17, 15) is 49.2 Å². The van der Waals surface area contributed by atoms with Crippen molar-refractivity contribution in [1.29, 1.82) is 0 Å². The van der Waals surface area contributed by atoms with Crippen molar-refractivity contribution in [2.75, 3.05) is 39.3 Å². The van der Waals surface area contributed by atoms with Crippen LogP contribution < -0.4 is 10.6 Å². The van der Waals surface area contributed by atoms with E-state index in [-0.39, 0.29) is 94.4 Å². The highest BCUT2D eigenvalue weighted by Gasteiger charge is 2.27. The molecule has 58 heavy (non-hydrogen) atoms. The first-order valence-corrected chi connectivity index (χ1v) is 19.4. The Morgan fingerprint density at radius 2 is 0.983 bits per heavy atom. The number of aromatic carboxylic acids is 2. The Kier molecular flexibility index (Phi) is 14.4. The minimum absolute atomic E-state index is 0.00139. The predicted octanol–water partition coefficient (Wildman–Crippen LogP) is 5.38. The molecule has 2 heterocycles. The van der Waals surface area contributed by atoms with Gasteiger partial charge < -0.3 is 50.3 Å². The predicted molar refractivity (Wildman–Crippen MR) is 213 cm³/mol. The van der Waals surface area contributed by atoms with Gasteiger partial charge in [-0.1, -0.05) is 0 Å². The summed E-state index contributed by atoms with van der Waals surface area (Å²) < 4.78 is 11.2. The zero-order chi connectivity index (χ0) is 42.9. The molecule has 0 aliphatic carbocycles. The molecule has 4 aromatic rings. The molecular formula is C38H44N6O12S2. The number of thiazole rings is 2. The number of aromatic hydroxyl groups is 2. The summed E-state index contributed by atoms with van der Waals surface area (Å²) in [6.45, 7) is 9.79. The number of carbonyl (C=O) groups is 6. The molecule has 0 spiro atoms. The summed E-state index contributed by atoms with van der Waals surface area (Å²) in [7, 11) is 0. The van der Waals surface area contributed by atoms with E-state index in [0.29, 0.717) is 0 Å². The molecule has 20 heteroatoms. The summed E-state index contributed by atoms with van der Waals surface area (Å²) in [5.74, 6) is -3.99. The summed E-state index contributed by atoms with van der Waals surface area (Å²) >= 11 is 2.06. The van der Waals surface area contributed by atoms with Crippen molar-refractivity contribution in [2.45, 2.75) is 52.7 Å². The summed E-state index contributed by atoms with van der Waals surface area (Å²) in [6.07, 6.45) is -1.44. The second-order valence-corrected chi connectivity index (χ2v) is 16.3. The number of hydrogen-bond donors (Lipinski definition) is 6. The molecule has 6 N–H and O–H groups in total. The highest BCUT2D eigenvalue weighted by atomic mass is 32.1. The molecule has 0 radical (unpaired) electrons.